The highest BCUT2D eigenvalue weighted by molar-refractivity contribution is 6.30. The normalized spacial score (nSPS) is 19.1. The molecule has 1 N–H and O–H groups in total. The maximum atomic E-state index is 12.9. The third kappa shape index (κ3) is 5.31. The lowest BCUT2D eigenvalue weighted by atomic mass is 10.0. The molecule has 10 heteroatoms. The van der Waals surface area contributed by atoms with Crippen molar-refractivity contribution in [3.8, 4) is 16.9 Å². The van der Waals surface area contributed by atoms with Gasteiger partial charge in [-0.25, -0.2) is 4.79 Å². The number of halogens is 1. The number of aromatic nitrogens is 3. The maximum absolute atomic E-state index is 12.9. The van der Waals surface area contributed by atoms with Crippen molar-refractivity contribution in [3.63, 3.8) is 0 Å². The number of cyclic esters (lactones) is 1. The number of benzene rings is 1. The Bertz CT molecular complexity index is 1250. The molecule has 9 nitrogen and oxygen atoms in total. The van der Waals surface area contributed by atoms with Gasteiger partial charge in [-0.15, -0.1) is 0 Å². The van der Waals surface area contributed by atoms with Crippen molar-refractivity contribution in [2.75, 3.05) is 13.2 Å². The average molecular weight is 510 g/mol. The number of hydrogen-bond donors (Lipinski definition) is 1. The molecular formula is C26H28ClN5O4. The van der Waals surface area contributed by atoms with Crippen LogP contribution < -0.4 is 10.1 Å². The van der Waals surface area contributed by atoms with Crippen molar-refractivity contribution < 1.29 is 19.1 Å². The Kier molecular flexibility index (Phi) is 7.09. The van der Waals surface area contributed by atoms with E-state index in [-0.39, 0.29) is 29.8 Å². The molecule has 2 saturated heterocycles. The molecular weight excluding hydrogens is 482 g/mol. The molecule has 3 aromatic rings. The van der Waals surface area contributed by atoms with E-state index in [0.717, 1.165) is 29.7 Å². The number of nitrogens with one attached hydrogen (secondary N) is 1. The first-order valence-corrected chi connectivity index (χ1v) is 12.5. The van der Waals surface area contributed by atoms with Gasteiger partial charge in [0.05, 0.1) is 12.2 Å². The summed E-state index contributed by atoms with van der Waals surface area (Å²) >= 11 is 5.95. The van der Waals surface area contributed by atoms with Crippen LogP contribution in [0.5, 0.6) is 5.75 Å². The number of nitrogens with zero attached hydrogens (tertiary/aromatic N) is 4. The largest absolute Gasteiger partial charge is 0.489 e. The predicted molar refractivity (Wildman–Crippen MR) is 134 cm³/mol. The summed E-state index contributed by atoms with van der Waals surface area (Å²) in [4.78, 5) is 31.0. The first-order chi connectivity index (χ1) is 17.5. The van der Waals surface area contributed by atoms with Gasteiger partial charge in [0, 0.05) is 67.1 Å². The SMILES string of the molecule is CCCn1cc(-c2cnc(C(=O)NCc3ccc(Cl)cc3)cc2O[C@H]2CCN3C(=O)OC[C@@H]3C2)cn1. The number of pyridine rings is 1. The Morgan fingerprint density at radius 1 is 1.28 bits per heavy atom. The molecule has 2 atom stereocenters. The van der Waals surface area contributed by atoms with E-state index in [1.165, 1.54) is 0 Å². The highest BCUT2D eigenvalue weighted by Gasteiger charge is 2.39. The van der Waals surface area contributed by atoms with Gasteiger partial charge in [-0.2, -0.15) is 5.10 Å². The number of fused-ring (bicyclic) bond motifs is 1. The van der Waals surface area contributed by atoms with Crippen LogP contribution in [0.4, 0.5) is 4.79 Å². The van der Waals surface area contributed by atoms with Crippen LogP contribution in [0.2, 0.25) is 5.02 Å². The van der Waals surface area contributed by atoms with Gasteiger partial charge in [-0.1, -0.05) is 30.7 Å². The second-order valence-corrected chi connectivity index (χ2v) is 9.49. The number of ether oxygens (including phenoxy) is 2. The Hall–Kier alpha value is -3.59. The summed E-state index contributed by atoms with van der Waals surface area (Å²) in [5, 5.41) is 7.98. The van der Waals surface area contributed by atoms with Crippen LogP contribution in [0, 0.1) is 0 Å². The molecule has 0 radical (unpaired) electrons. The van der Waals surface area contributed by atoms with Crippen molar-refractivity contribution in [2.24, 2.45) is 0 Å². The third-order valence-corrected chi connectivity index (χ3v) is 6.71. The zero-order chi connectivity index (χ0) is 25.1. The first-order valence-electron chi connectivity index (χ1n) is 12.2. The summed E-state index contributed by atoms with van der Waals surface area (Å²) in [6.45, 7) is 4.22. The zero-order valence-electron chi connectivity index (χ0n) is 20.0. The monoisotopic (exact) mass is 509 g/mol. The van der Waals surface area contributed by atoms with E-state index in [1.807, 2.05) is 23.0 Å². The van der Waals surface area contributed by atoms with E-state index in [2.05, 4.69) is 22.3 Å². The molecule has 2 fully saturated rings. The van der Waals surface area contributed by atoms with Crippen molar-refractivity contribution in [1.29, 1.82) is 0 Å². The van der Waals surface area contributed by atoms with Crippen molar-refractivity contribution in [2.45, 2.75) is 51.4 Å². The fourth-order valence-electron chi connectivity index (χ4n) is 4.55. The van der Waals surface area contributed by atoms with Crippen LogP contribution in [0.3, 0.4) is 0 Å². The molecule has 36 heavy (non-hydrogen) atoms. The van der Waals surface area contributed by atoms with E-state index in [1.54, 1.807) is 35.5 Å². The molecule has 0 saturated carbocycles. The van der Waals surface area contributed by atoms with Crippen molar-refractivity contribution >= 4 is 23.6 Å². The second-order valence-electron chi connectivity index (χ2n) is 9.06. The number of rotatable bonds is 8. The Balaban J connectivity index is 1.36. The zero-order valence-corrected chi connectivity index (χ0v) is 20.8. The quantitative estimate of drug-likeness (QED) is 0.486. The van der Waals surface area contributed by atoms with E-state index in [4.69, 9.17) is 21.1 Å². The minimum Gasteiger partial charge on any atom is -0.489 e. The second kappa shape index (κ2) is 10.6. The highest BCUT2D eigenvalue weighted by Crippen LogP contribution is 2.33. The van der Waals surface area contributed by atoms with E-state index in [9.17, 15) is 9.59 Å². The van der Waals surface area contributed by atoms with Gasteiger partial charge in [0.25, 0.3) is 5.91 Å². The standard InChI is InChI=1S/C26H28ClN5O4/c1-2-8-31-15-18(13-30-31)22-14-28-23(25(33)29-12-17-3-5-19(27)6-4-17)11-24(22)36-21-7-9-32-20(10-21)16-35-26(32)34/h3-6,11,13-15,20-21H,2,7-10,12,16H2,1H3,(H,29,33)/t20-,21-/m0/s1. The van der Waals surface area contributed by atoms with Crippen LogP contribution in [-0.4, -0.2) is 57.0 Å². The number of piperidine rings is 1. The lowest BCUT2D eigenvalue weighted by Gasteiger charge is -2.32. The van der Waals surface area contributed by atoms with Gasteiger partial charge >= 0.3 is 6.09 Å². The summed E-state index contributed by atoms with van der Waals surface area (Å²) in [6.07, 6.45) is 7.35. The smallest absolute Gasteiger partial charge is 0.410 e. The van der Waals surface area contributed by atoms with Crippen LogP contribution in [0.15, 0.2) is 48.9 Å². The summed E-state index contributed by atoms with van der Waals surface area (Å²) in [7, 11) is 0. The summed E-state index contributed by atoms with van der Waals surface area (Å²) in [5.41, 5.74) is 2.84. The minimum absolute atomic E-state index is 0.0102. The van der Waals surface area contributed by atoms with E-state index >= 15 is 0 Å². The molecule has 2 aliphatic rings. The van der Waals surface area contributed by atoms with Gasteiger partial charge < -0.3 is 19.7 Å². The summed E-state index contributed by atoms with van der Waals surface area (Å²) in [5.74, 6) is 0.272. The highest BCUT2D eigenvalue weighted by atomic mass is 35.5. The predicted octanol–water partition coefficient (Wildman–Crippen LogP) is 4.30. The Morgan fingerprint density at radius 2 is 2.11 bits per heavy atom. The van der Waals surface area contributed by atoms with E-state index in [0.29, 0.717) is 43.3 Å². The Labute approximate surface area is 214 Å². The molecule has 2 amide bonds. The number of carbonyl (C=O) groups is 2. The van der Waals surface area contributed by atoms with Gasteiger partial charge in [-0.05, 0) is 24.1 Å². The molecule has 4 heterocycles. The van der Waals surface area contributed by atoms with Crippen LogP contribution in [-0.2, 0) is 17.8 Å². The van der Waals surface area contributed by atoms with Crippen molar-refractivity contribution in [3.05, 3.63) is 65.2 Å². The van der Waals surface area contributed by atoms with Gasteiger partial charge in [0.1, 0.15) is 24.2 Å². The van der Waals surface area contributed by atoms with Gasteiger partial charge in [0.15, 0.2) is 0 Å². The fourth-order valence-corrected chi connectivity index (χ4v) is 4.68. The van der Waals surface area contributed by atoms with Crippen LogP contribution in [0.25, 0.3) is 11.1 Å². The van der Waals surface area contributed by atoms with E-state index < -0.39 is 0 Å². The van der Waals surface area contributed by atoms with Crippen molar-refractivity contribution in [1.82, 2.24) is 25.0 Å². The molecule has 1 aromatic carbocycles. The molecule has 0 bridgehead atoms. The average Bonchev–Trinajstić information content (AvgIpc) is 3.50. The van der Waals surface area contributed by atoms with Crippen LogP contribution >= 0.6 is 11.6 Å². The first kappa shape index (κ1) is 24.1. The molecule has 0 aliphatic carbocycles. The summed E-state index contributed by atoms with van der Waals surface area (Å²) in [6, 6.07) is 9.00. The fraction of sp³-hybridized carbons (Fsp3) is 0.385. The Morgan fingerprint density at radius 3 is 2.92 bits per heavy atom. The molecule has 2 aromatic heterocycles. The maximum Gasteiger partial charge on any atom is 0.410 e. The molecule has 0 unspecified atom stereocenters. The minimum atomic E-state index is -0.298. The summed E-state index contributed by atoms with van der Waals surface area (Å²) < 4.78 is 13.5. The molecule has 188 valence electrons. The van der Waals surface area contributed by atoms with Crippen LogP contribution in [0.1, 0.15) is 42.2 Å². The number of aryl methyl sites for hydroxylation is 1. The topological polar surface area (TPSA) is 98.6 Å². The lowest BCUT2D eigenvalue weighted by molar-refractivity contribution is 0.0915. The van der Waals surface area contributed by atoms with Gasteiger partial charge in [0.2, 0.25) is 0 Å². The number of carbonyl (C=O) groups excluding carboxylic acids is 2. The molecule has 5 rings (SSSR count). The number of amides is 2. The molecule has 0 spiro atoms. The third-order valence-electron chi connectivity index (χ3n) is 6.46. The number of hydrogen-bond acceptors (Lipinski definition) is 6. The van der Waals surface area contributed by atoms with Gasteiger partial charge in [-0.3, -0.25) is 14.5 Å². The molecule has 2 aliphatic heterocycles. The lowest BCUT2D eigenvalue weighted by Crippen LogP contribution is -2.44.